The predicted molar refractivity (Wildman–Crippen MR) is 123 cm³/mol. The molecule has 0 saturated carbocycles. The molecule has 7 heteroatoms. The Morgan fingerprint density at radius 3 is 2.62 bits per heavy atom. The fraction of sp³-hybridized carbons (Fsp3) is 0.737. The van der Waals surface area contributed by atoms with Crippen LogP contribution in [0.25, 0.3) is 0 Å². The molecule has 1 aliphatic heterocycles. The summed E-state index contributed by atoms with van der Waals surface area (Å²) in [5.74, 6) is 1.53. The SMILES string of the molecule is CCCC(CCO)CN=C(NCC)N1CCN(Cc2cccs2)CC1.I. The number of aliphatic hydroxyl groups is 1. The molecule has 0 spiro atoms. The molecule has 2 heterocycles. The lowest BCUT2D eigenvalue weighted by Gasteiger charge is -2.36. The van der Waals surface area contributed by atoms with Gasteiger partial charge in [-0.15, -0.1) is 35.3 Å². The fourth-order valence-electron chi connectivity index (χ4n) is 3.30. The highest BCUT2D eigenvalue weighted by Gasteiger charge is 2.20. The second-order valence-corrected chi connectivity index (χ2v) is 7.74. The fourth-order valence-corrected chi connectivity index (χ4v) is 4.05. The highest BCUT2D eigenvalue weighted by atomic mass is 127. The average molecular weight is 494 g/mol. The second kappa shape index (κ2) is 13.7. The molecule has 1 unspecified atom stereocenters. The van der Waals surface area contributed by atoms with E-state index in [1.165, 1.54) is 4.88 Å². The van der Waals surface area contributed by atoms with Crippen LogP contribution < -0.4 is 5.32 Å². The highest BCUT2D eigenvalue weighted by Crippen LogP contribution is 2.14. The van der Waals surface area contributed by atoms with E-state index in [1.54, 1.807) is 0 Å². The summed E-state index contributed by atoms with van der Waals surface area (Å²) in [7, 11) is 0. The first-order valence-corrected chi connectivity index (χ1v) is 10.5. The Balaban J connectivity index is 0.00000338. The van der Waals surface area contributed by atoms with Crippen molar-refractivity contribution in [1.82, 2.24) is 15.1 Å². The Labute approximate surface area is 179 Å². The van der Waals surface area contributed by atoms with Gasteiger partial charge >= 0.3 is 0 Å². The predicted octanol–water partition coefficient (Wildman–Crippen LogP) is 3.25. The maximum Gasteiger partial charge on any atom is 0.194 e. The van der Waals surface area contributed by atoms with E-state index >= 15 is 0 Å². The number of nitrogens with one attached hydrogen (secondary N) is 1. The lowest BCUT2D eigenvalue weighted by molar-refractivity contribution is 0.173. The molecule has 1 fully saturated rings. The number of rotatable bonds is 9. The zero-order valence-electron chi connectivity index (χ0n) is 16.2. The highest BCUT2D eigenvalue weighted by molar-refractivity contribution is 14.0. The van der Waals surface area contributed by atoms with Gasteiger partial charge < -0.3 is 15.3 Å². The molecule has 1 aliphatic rings. The van der Waals surface area contributed by atoms with Gasteiger partial charge in [-0.3, -0.25) is 9.89 Å². The van der Waals surface area contributed by atoms with Crippen molar-refractivity contribution in [3.05, 3.63) is 22.4 Å². The van der Waals surface area contributed by atoms with Gasteiger partial charge in [0, 0.05) is 57.3 Å². The number of nitrogens with zero attached hydrogens (tertiary/aromatic N) is 3. The number of hydrogen-bond acceptors (Lipinski definition) is 4. The van der Waals surface area contributed by atoms with E-state index in [9.17, 15) is 5.11 Å². The standard InChI is InChI=1S/C19H34N4OS.HI/c1-3-6-17(8-13-24)15-21-19(20-4-2)23-11-9-22(10-12-23)16-18-7-5-14-25-18;/h5,7,14,17,24H,3-4,6,8-13,15-16H2,1-2H3,(H,20,21);1H. The number of aliphatic hydroxyl groups excluding tert-OH is 1. The number of hydrogen-bond donors (Lipinski definition) is 2. The molecule has 1 atom stereocenters. The van der Waals surface area contributed by atoms with Crippen molar-refractivity contribution in [2.75, 3.05) is 45.9 Å². The van der Waals surface area contributed by atoms with Gasteiger partial charge in [0.15, 0.2) is 5.96 Å². The van der Waals surface area contributed by atoms with Crippen LogP contribution in [0.4, 0.5) is 0 Å². The number of piperazine rings is 1. The van der Waals surface area contributed by atoms with Crippen molar-refractivity contribution >= 4 is 41.3 Å². The van der Waals surface area contributed by atoms with Crippen LogP contribution in [0.2, 0.25) is 0 Å². The minimum Gasteiger partial charge on any atom is -0.396 e. The van der Waals surface area contributed by atoms with E-state index in [-0.39, 0.29) is 30.6 Å². The molecule has 5 nitrogen and oxygen atoms in total. The smallest absolute Gasteiger partial charge is 0.194 e. The first kappa shape index (κ1) is 23.7. The van der Waals surface area contributed by atoms with Crippen molar-refractivity contribution < 1.29 is 5.11 Å². The van der Waals surface area contributed by atoms with Gasteiger partial charge in [-0.25, -0.2) is 0 Å². The zero-order valence-corrected chi connectivity index (χ0v) is 19.3. The van der Waals surface area contributed by atoms with Crippen molar-refractivity contribution in [3.63, 3.8) is 0 Å². The molecule has 0 aliphatic carbocycles. The summed E-state index contributed by atoms with van der Waals surface area (Å²) >= 11 is 1.84. The van der Waals surface area contributed by atoms with Crippen LogP contribution in [-0.4, -0.2) is 66.7 Å². The maximum atomic E-state index is 9.24. The van der Waals surface area contributed by atoms with E-state index < -0.39 is 0 Å². The summed E-state index contributed by atoms with van der Waals surface area (Å²) in [5.41, 5.74) is 0. The van der Waals surface area contributed by atoms with Crippen molar-refractivity contribution in [2.45, 2.75) is 39.7 Å². The number of thiophene rings is 1. The van der Waals surface area contributed by atoms with Gasteiger partial charge in [-0.1, -0.05) is 19.4 Å². The first-order chi connectivity index (χ1) is 12.3. The Hall–Kier alpha value is -0.380. The number of halogens is 1. The normalized spacial score (nSPS) is 17.0. The lowest BCUT2D eigenvalue weighted by atomic mass is 10.0. The van der Waals surface area contributed by atoms with Crippen molar-refractivity contribution in [1.29, 1.82) is 0 Å². The minimum atomic E-state index is 0. The quantitative estimate of drug-likeness (QED) is 0.315. The zero-order chi connectivity index (χ0) is 17.9. The molecular formula is C19H35IN4OS. The van der Waals surface area contributed by atoms with Gasteiger partial charge in [0.05, 0.1) is 0 Å². The van der Waals surface area contributed by atoms with Crippen LogP contribution in [0.1, 0.15) is 38.0 Å². The van der Waals surface area contributed by atoms with E-state index in [4.69, 9.17) is 4.99 Å². The lowest BCUT2D eigenvalue weighted by Crippen LogP contribution is -2.52. The van der Waals surface area contributed by atoms with Crippen LogP contribution >= 0.6 is 35.3 Å². The molecule has 2 N–H and O–H groups in total. The van der Waals surface area contributed by atoms with E-state index in [0.717, 1.165) is 71.0 Å². The summed E-state index contributed by atoms with van der Waals surface area (Å²) in [6.07, 6.45) is 3.14. The van der Waals surface area contributed by atoms with E-state index in [1.807, 2.05) is 11.3 Å². The largest absolute Gasteiger partial charge is 0.396 e. The topological polar surface area (TPSA) is 51.1 Å². The molecule has 1 aromatic rings. The van der Waals surface area contributed by atoms with E-state index in [0.29, 0.717) is 5.92 Å². The minimum absolute atomic E-state index is 0. The molecule has 2 rings (SSSR count). The van der Waals surface area contributed by atoms with E-state index in [2.05, 4.69) is 46.5 Å². The number of guanidine groups is 1. The summed E-state index contributed by atoms with van der Waals surface area (Å²) in [5, 5.41) is 14.8. The summed E-state index contributed by atoms with van der Waals surface area (Å²) in [4.78, 5) is 11.2. The maximum absolute atomic E-state index is 9.24. The van der Waals surface area contributed by atoms with Crippen LogP contribution in [0.15, 0.2) is 22.5 Å². The summed E-state index contributed by atoms with van der Waals surface area (Å²) < 4.78 is 0. The summed E-state index contributed by atoms with van der Waals surface area (Å²) in [6.45, 7) is 11.6. The molecule has 150 valence electrons. The molecule has 0 amide bonds. The van der Waals surface area contributed by atoms with Crippen LogP contribution in [0, 0.1) is 5.92 Å². The van der Waals surface area contributed by atoms with Gasteiger partial charge in [-0.05, 0) is 37.1 Å². The summed E-state index contributed by atoms with van der Waals surface area (Å²) in [6, 6.07) is 4.35. The Morgan fingerprint density at radius 1 is 1.27 bits per heavy atom. The number of aliphatic imine (C=N–C) groups is 1. The third kappa shape index (κ3) is 8.10. The first-order valence-electron chi connectivity index (χ1n) is 9.65. The molecule has 0 bridgehead atoms. The molecule has 0 radical (unpaired) electrons. The van der Waals surface area contributed by atoms with Crippen molar-refractivity contribution in [3.8, 4) is 0 Å². The Morgan fingerprint density at radius 2 is 2.04 bits per heavy atom. The van der Waals surface area contributed by atoms with Gasteiger partial charge in [-0.2, -0.15) is 0 Å². The Kier molecular flexibility index (Phi) is 12.5. The van der Waals surface area contributed by atoms with Gasteiger partial charge in [0.1, 0.15) is 0 Å². The molecule has 1 saturated heterocycles. The second-order valence-electron chi connectivity index (χ2n) is 6.70. The molecule has 0 aromatic carbocycles. The molecular weight excluding hydrogens is 459 g/mol. The van der Waals surface area contributed by atoms with Crippen LogP contribution in [0.3, 0.4) is 0 Å². The third-order valence-corrected chi connectivity index (χ3v) is 5.56. The van der Waals surface area contributed by atoms with Gasteiger partial charge in [0.25, 0.3) is 0 Å². The third-order valence-electron chi connectivity index (χ3n) is 4.70. The van der Waals surface area contributed by atoms with Gasteiger partial charge in [0.2, 0.25) is 0 Å². The van der Waals surface area contributed by atoms with Crippen LogP contribution in [0.5, 0.6) is 0 Å². The monoisotopic (exact) mass is 494 g/mol. The average Bonchev–Trinajstić information content (AvgIpc) is 3.12. The van der Waals surface area contributed by atoms with Crippen molar-refractivity contribution in [2.24, 2.45) is 10.9 Å². The molecule has 26 heavy (non-hydrogen) atoms. The van der Waals surface area contributed by atoms with Crippen LogP contribution in [-0.2, 0) is 6.54 Å². The molecule has 1 aromatic heterocycles. The Bertz CT molecular complexity index is 484.